The van der Waals surface area contributed by atoms with E-state index >= 15 is 0 Å². The predicted molar refractivity (Wildman–Crippen MR) is 140 cm³/mol. The Kier molecular flexibility index (Phi) is 7.98. The van der Waals surface area contributed by atoms with E-state index in [2.05, 4.69) is 21.2 Å². The maximum absolute atomic E-state index is 12.6. The lowest BCUT2D eigenvalue weighted by molar-refractivity contribution is 0.0528. The van der Waals surface area contributed by atoms with Crippen LogP contribution in [0, 0.1) is 0 Å². The molecule has 1 saturated heterocycles. The molecule has 0 atom stereocenters. The van der Waals surface area contributed by atoms with Crippen LogP contribution in [0.1, 0.15) is 22.8 Å². The number of thiocarbonyl (C=S) groups is 1. The smallest absolute Gasteiger partial charge is 0.341 e. The zero-order chi connectivity index (χ0) is 23.2. The minimum atomic E-state index is -0.342. The highest BCUT2D eigenvalue weighted by molar-refractivity contribution is 7.80. The standard InChI is InChI=1S/C25H26ClN3O2S2/c1-2-31-24(30)20-16-22(18-8-4-3-5-9-18)33-23(20)27-25(32)29-14-12-28(13-15-29)17-19-10-6-7-11-21(19)26/h3-11,16H,2,12-15,17H2,1H3,(H,27,32). The molecule has 1 aliphatic rings. The molecule has 0 amide bonds. The molecule has 0 bridgehead atoms. The summed E-state index contributed by atoms with van der Waals surface area (Å²) in [6.07, 6.45) is 0. The van der Waals surface area contributed by atoms with Gasteiger partial charge in [0.1, 0.15) is 5.00 Å². The van der Waals surface area contributed by atoms with E-state index in [1.807, 2.05) is 61.5 Å². The third kappa shape index (κ3) is 5.92. The monoisotopic (exact) mass is 499 g/mol. The molecule has 1 aliphatic heterocycles. The van der Waals surface area contributed by atoms with Crippen molar-refractivity contribution in [2.45, 2.75) is 13.5 Å². The second-order valence-corrected chi connectivity index (χ2v) is 9.57. The highest BCUT2D eigenvalue weighted by atomic mass is 35.5. The van der Waals surface area contributed by atoms with Crippen LogP contribution in [-0.2, 0) is 11.3 Å². The fourth-order valence-corrected chi connectivity index (χ4v) is 5.34. The maximum atomic E-state index is 12.6. The quantitative estimate of drug-likeness (QED) is 0.343. The molecule has 0 saturated carbocycles. The number of hydrogen-bond donors (Lipinski definition) is 1. The average Bonchev–Trinajstić information content (AvgIpc) is 3.25. The van der Waals surface area contributed by atoms with Gasteiger partial charge in [-0.25, -0.2) is 4.79 Å². The average molecular weight is 500 g/mol. The molecule has 0 unspecified atom stereocenters. The first-order valence-corrected chi connectivity index (χ1v) is 12.5. The number of carbonyl (C=O) groups is 1. The molecule has 4 rings (SSSR count). The van der Waals surface area contributed by atoms with Gasteiger partial charge in [-0.15, -0.1) is 11.3 Å². The Morgan fingerprint density at radius 1 is 1.09 bits per heavy atom. The predicted octanol–water partition coefficient (Wildman–Crippen LogP) is 5.76. The van der Waals surface area contributed by atoms with Crippen molar-refractivity contribution in [2.24, 2.45) is 0 Å². The van der Waals surface area contributed by atoms with Crippen molar-refractivity contribution >= 4 is 51.2 Å². The molecule has 2 heterocycles. The molecule has 0 spiro atoms. The minimum absolute atomic E-state index is 0.326. The third-order valence-corrected chi connectivity index (χ3v) is 7.35. The number of ether oxygens (including phenoxy) is 1. The van der Waals surface area contributed by atoms with Gasteiger partial charge in [-0.2, -0.15) is 0 Å². The molecule has 8 heteroatoms. The summed E-state index contributed by atoms with van der Waals surface area (Å²) < 4.78 is 5.28. The van der Waals surface area contributed by atoms with Crippen LogP contribution in [-0.4, -0.2) is 53.7 Å². The van der Waals surface area contributed by atoms with Gasteiger partial charge in [0, 0.05) is 42.6 Å². The molecule has 1 N–H and O–H groups in total. The fourth-order valence-electron chi connectivity index (χ4n) is 3.74. The molecule has 172 valence electrons. The molecular weight excluding hydrogens is 474 g/mol. The first-order valence-electron chi connectivity index (χ1n) is 10.9. The summed E-state index contributed by atoms with van der Waals surface area (Å²) in [5.41, 5.74) is 2.71. The van der Waals surface area contributed by atoms with Crippen molar-refractivity contribution in [3.63, 3.8) is 0 Å². The number of halogens is 1. The number of piperazine rings is 1. The highest BCUT2D eigenvalue weighted by Crippen LogP contribution is 2.36. The number of benzene rings is 2. The normalized spacial score (nSPS) is 14.2. The van der Waals surface area contributed by atoms with Crippen LogP contribution in [0.4, 0.5) is 5.00 Å². The van der Waals surface area contributed by atoms with E-state index in [0.29, 0.717) is 17.3 Å². The van der Waals surface area contributed by atoms with Crippen LogP contribution in [0.3, 0.4) is 0 Å². The number of rotatable bonds is 6. The zero-order valence-electron chi connectivity index (χ0n) is 18.4. The Hall–Kier alpha value is -2.45. The Bertz CT molecular complexity index is 1110. The van der Waals surface area contributed by atoms with E-state index in [4.69, 9.17) is 28.6 Å². The van der Waals surface area contributed by atoms with Gasteiger partial charge in [0.2, 0.25) is 0 Å². The zero-order valence-corrected chi connectivity index (χ0v) is 20.8. The lowest BCUT2D eigenvalue weighted by Crippen LogP contribution is -2.49. The fraction of sp³-hybridized carbons (Fsp3) is 0.280. The second-order valence-electron chi connectivity index (χ2n) is 7.72. The highest BCUT2D eigenvalue weighted by Gasteiger charge is 2.23. The SMILES string of the molecule is CCOC(=O)c1cc(-c2ccccc2)sc1NC(=S)N1CCN(Cc2ccccc2Cl)CC1. The number of carbonyl (C=O) groups excluding carboxylic acids is 1. The number of thiophene rings is 1. The van der Waals surface area contributed by atoms with E-state index in [1.54, 1.807) is 0 Å². The molecular formula is C25H26ClN3O2S2. The molecule has 1 fully saturated rings. The van der Waals surface area contributed by atoms with Gasteiger partial charge in [0.05, 0.1) is 12.2 Å². The summed E-state index contributed by atoms with van der Waals surface area (Å²) in [7, 11) is 0. The van der Waals surface area contributed by atoms with Crippen LogP contribution in [0.15, 0.2) is 60.7 Å². The van der Waals surface area contributed by atoms with Crippen LogP contribution >= 0.6 is 35.2 Å². The lowest BCUT2D eigenvalue weighted by Gasteiger charge is -2.36. The van der Waals surface area contributed by atoms with Gasteiger partial charge in [0.15, 0.2) is 5.11 Å². The molecule has 3 aromatic rings. The van der Waals surface area contributed by atoms with E-state index in [0.717, 1.165) is 58.8 Å². The first-order chi connectivity index (χ1) is 16.0. The van der Waals surface area contributed by atoms with Gasteiger partial charge >= 0.3 is 5.97 Å². The van der Waals surface area contributed by atoms with E-state index in [9.17, 15) is 4.79 Å². The van der Waals surface area contributed by atoms with Crippen molar-refractivity contribution in [3.8, 4) is 10.4 Å². The van der Waals surface area contributed by atoms with Gasteiger partial charge in [-0.1, -0.05) is 60.1 Å². The molecule has 1 aromatic heterocycles. The number of esters is 1. The van der Waals surface area contributed by atoms with Crippen molar-refractivity contribution < 1.29 is 9.53 Å². The molecule has 33 heavy (non-hydrogen) atoms. The molecule has 5 nitrogen and oxygen atoms in total. The van der Waals surface area contributed by atoms with E-state index in [1.165, 1.54) is 11.3 Å². The van der Waals surface area contributed by atoms with Crippen molar-refractivity contribution in [1.82, 2.24) is 9.80 Å². The van der Waals surface area contributed by atoms with Crippen molar-refractivity contribution in [1.29, 1.82) is 0 Å². The summed E-state index contributed by atoms with van der Waals surface area (Å²) in [4.78, 5) is 18.1. The van der Waals surface area contributed by atoms with Gasteiger partial charge in [-0.3, -0.25) is 4.90 Å². The van der Waals surface area contributed by atoms with Crippen LogP contribution in [0.5, 0.6) is 0 Å². The summed E-state index contributed by atoms with van der Waals surface area (Å²) >= 11 is 13.5. The van der Waals surface area contributed by atoms with E-state index < -0.39 is 0 Å². The topological polar surface area (TPSA) is 44.8 Å². The van der Waals surface area contributed by atoms with Crippen LogP contribution in [0.2, 0.25) is 5.02 Å². The number of anilines is 1. The third-order valence-electron chi connectivity index (χ3n) is 5.52. The van der Waals surface area contributed by atoms with Crippen LogP contribution < -0.4 is 5.32 Å². The summed E-state index contributed by atoms with van der Waals surface area (Å²) in [6, 6.07) is 19.8. The Morgan fingerprint density at radius 3 is 2.48 bits per heavy atom. The van der Waals surface area contributed by atoms with E-state index in [-0.39, 0.29) is 5.97 Å². The minimum Gasteiger partial charge on any atom is -0.462 e. The number of nitrogens with one attached hydrogen (secondary N) is 1. The summed E-state index contributed by atoms with van der Waals surface area (Å²) in [5.74, 6) is -0.342. The van der Waals surface area contributed by atoms with Gasteiger partial charge in [-0.05, 0) is 42.4 Å². The number of nitrogens with zero attached hydrogens (tertiary/aromatic N) is 2. The lowest BCUT2D eigenvalue weighted by atomic mass is 10.1. The van der Waals surface area contributed by atoms with Crippen molar-refractivity contribution in [2.75, 3.05) is 38.1 Å². The Morgan fingerprint density at radius 2 is 1.79 bits per heavy atom. The van der Waals surface area contributed by atoms with Crippen LogP contribution in [0.25, 0.3) is 10.4 Å². The van der Waals surface area contributed by atoms with Gasteiger partial charge in [0.25, 0.3) is 0 Å². The molecule has 2 aromatic carbocycles. The first kappa shape index (κ1) is 23.7. The Labute approximate surface area is 208 Å². The summed E-state index contributed by atoms with van der Waals surface area (Å²) in [6.45, 7) is 6.35. The maximum Gasteiger partial charge on any atom is 0.341 e. The van der Waals surface area contributed by atoms with Gasteiger partial charge < -0.3 is 15.0 Å². The second kappa shape index (κ2) is 11.1. The molecule has 0 aliphatic carbocycles. The largest absolute Gasteiger partial charge is 0.462 e. The molecule has 0 radical (unpaired) electrons. The Balaban J connectivity index is 1.42. The van der Waals surface area contributed by atoms with Crippen molar-refractivity contribution in [3.05, 3.63) is 76.8 Å². The number of hydrogen-bond acceptors (Lipinski definition) is 5. The summed E-state index contributed by atoms with van der Waals surface area (Å²) in [5, 5.41) is 5.46.